The second-order valence-electron chi connectivity index (χ2n) is 5.53. The normalized spacial score (nSPS) is 13.0. The summed E-state index contributed by atoms with van der Waals surface area (Å²) in [6, 6.07) is 1.70. The summed E-state index contributed by atoms with van der Waals surface area (Å²) >= 11 is 0. The van der Waals surface area contributed by atoms with Crippen molar-refractivity contribution >= 4 is 0 Å². The number of aryl methyl sites for hydroxylation is 1. The maximum Gasteiger partial charge on any atom is 0.411 e. The Balaban J connectivity index is 2.50. The number of furan rings is 1. The zero-order chi connectivity index (χ0) is 14.7. The van der Waals surface area contributed by atoms with E-state index in [-0.39, 0.29) is 12.1 Å². The molecule has 1 aromatic rings. The molecule has 1 rings (SSSR count). The zero-order valence-corrected chi connectivity index (χ0v) is 11.6. The van der Waals surface area contributed by atoms with Gasteiger partial charge in [0.05, 0.1) is 6.54 Å². The molecule has 1 N–H and O–H groups in total. The molecular weight excluding hydrogens is 259 g/mol. The summed E-state index contributed by atoms with van der Waals surface area (Å²) in [7, 11) is 0. The highest BCUT2D eigenvalue weighted by Crippen LogP contribution is 2.19. The first kappa shape index (κ1) is 16.0. The minimum Gasteiger partial charge on any atom is -0.462 e. The van der Waals surface area contributed by atoms with Crippen LogP contribution in [0.25, 0.3) is 0 Å². The van der Waals surface area contributed by atoms with Crippen LogP contribution >= 0.6 is 0 Å². The molecule has 1 aromatic heterocycles. The summed E-state index contributed by atoms with van der Waals surface area (Å²) in [4.78, 5) is 0. The Morgan fingerprint density at radius 3 is 2.42 bits per heavy atom. The fourth-order valence-corrected chi connectivity index (χ4v) is 1.45. The first-order valence-corrected chi connectivity index (χ1v) is 6.04. The maximum atomic E-state index is 11.9. The molecule has 0 amide bonds. The number of halogens is 3. The van der Waals surface area contributed by atoms with Crippen LogP contribution in [0, 0.1) is 6.92 Å². The van der Waals surface area contributed by atoms with Crippen molar-refractivity contribution in [2.45, 2.75) is 52.6 Å². The lowest BCUT2D eigenvalue weighted by Gasteiger charge is -2.19. The molecule has 0 aliphatic heterocycles. The van der Waals surface area contributed by atoms with Gasteiger partial charge in [-0.3, -0.25) is 0 Å². The quantitative estimate of drug-likeness (QED) is 0.895. The average molecular weight is 279 g/mol. The summed E-state index contributed by atoms with van der Waals surface area (Å²) in [5, 5.41) is 3.26. The molecule has 0 atom stereocenters. The van der Waals surface area contributed by atoms with Crippen LogP contribution in [0.2, 0.25) is 0 Å². The monoisotopic (exact) mass is 279 g/mol. The Labute approximate surface area is 111 Å². The van der Waals surface area contributed by atoms with Gasteiger partial charge in [-0.2, -0.15) is 13.2 Å². The van der Waals surface area contributed by atoms with Crippen molar-refractivity contribution in [1.29, 1.82) is 0 Å². The third-order valence-corrected chi connectivity index (χ3v) is 2.36. The molecule has 1 heterocycles. The number of ether oxygens (including phenoxy) is 1. The Morgan fingerprint density at radius 2 is 1.89 bits per heavy atom. The van der Waals surface area contributed by atoms with Gasteiger partial charge >= 0.3 is 6.18 Å². The summed E-state index contributed by atoms with van der Waals surface area (Å²) in [6.45, 7) is 7.04. The predicted octanol–water partition coefficient (Wildman–Crippen LogP) is 3.56. The highest BCUT2D eigenvalue weighted by Gasteiger charge is 2.27. The van der Waals surface area contributed by atoms with Crippen molar-refractivity contribution in [2.24, 2.45) is 0 Å². The largest absolute Gasteiger partial charge is 0.462 e. The Bertz CT molecular complexity index is 405. The number of hydrogen-bond donors (Lipinski definition) is 1. The molecule has 0 spiro atoms. The van der Waals surface area contributed by atoms with Crippen LogP contribution in [0.5, 0.6) is 0 Å². The molecule has 3 nitrogen and oxygen atoms in total. The lowest BCUT2D eigenvalue weighted by atomic mass is 10.1. The molecule has 110 valence electrons. The summed E-state index contributed by atoms with van der Waals surface area (Å²) in [5.74, 6) is 1.13. The Hall–Kier alpha value is -1.01. The molecular formula is C13H20F3NO2. The molecule has 0 radical (unpaired) electrons. The van der Waals surface area contributed by atoms with Gasteiger partial charge in [-0.1, -0.05) is 0 Å². The topological polar surface area (TPSA) is 34.4 Å². The first-order valence-electron chi connectivity index (χ1n) is 6.04. The smallest absolute Gasteiger partial charge is 0.411 e. The van der Waals surface area contributed by atoms with E-state index in [9.17, 15) is 13.2 Å². The van der Waals surface area contributed by atoms with Gasteiger partial charge in [-0.25, -0.2) is 0 Å². The second kappa shape index (κ2) is 5.96. The van der Waals surface area contributed by atoms with Crippen LogP contribution in [0.1, 0.15) is 37.9 Å². The van der Waals surface area contributed by atoms with Crippen LogP contribution in [-0.4, -0.2) is 18.3 Å². The molecule has 0 saturated carbocycles. The minimum absolute atomic E-state index is 0.0494. The van der Waals surface area contributed by atoms with Crippen LogP contribution in [0.3, 0.4) is 0 Å². The van der Waals surface area contributed by atoms with Crippen LogP contribution in [-0.2, 0) is 17.9 Å². The molecule has 0 aliphatic rings. The lowest BCUT2D eigenvalue weighted by Crippen LogP contribution is -2.35. The molecule has 0 unspecified atom stereocenters. The van der Waals surface area contributed by atoms with Gasteiger partial charge in [0.2, 0.25) is 0 Å². The van der Waals surface area contributed by atoms with Gasteiger partial charge in [-0.05, 0) is 39.3 Å². The summed E-state index contributed by atoms with van der Waals surface area (Å²) in [5.41, 5.74) is 0.856. The van der Waals surface area contributed by atoms with Gasteiger partial charge in [0.15, 0.2) is 0 Å². The van der Waals surface area contributed by atoms with Gasteiger partial charge in [-0.15, -0.1) is 0 Å². The molecule has 0 fully saturated rings. The molecule has 6 heteroatoms. The van der Waals surface area contributed by atoms with Crippen LogP contribution < -0.4 is 5.32 Å². The van der Waals surface area contributed by atoms with Crippen molar-refractivity contribution < 1.29 is 22.3 Å². The number of alkyl halides is 3. The third-order valence-electron chi connectivity index (χ3n) is 2.36. The average Bonchev–Trinajstić information content (AvgIpc) is 2.53. The van der Waals surface area contributed by atoms with E-state index < -0.39 is 12.8 Å². The SMILES string of the molecule is Cc1cc(COCC(F)(F)F)oc1CNC(C)(C)C. The van der Waals surface area contributed by atoms with Crippen LogP contribution in [0.15, 0.2) is 10.5 Å². The molecule has 0 saturated heterocycles. The minimum atomic E-state index is -4.31. The molecule has 0 aliphatic carbocycles. The van der Waals surface area contributed by atoms with Gasteiger partial charge in [0.25, 0.3) is 0 Å². The van der Waals surface area contributed by atoms with Crippen LogP contribution in [0.4, 0.5) is 13.2 Å². The fourth-order valence-electron chi connectivity index (χ4n) is 1.45. The number of nitrogens with one attached hydrogen (secondary N) is 1. The van der Waals surface area contributed by atoms with E-state index in [1.807, 2.05) is 27.7 Å². The Kier molecular flexibility index (Phi) is 5.04. The molecule has 19 heavy (non-hydrogen) atoms. The summed E-state index contributed by atoms with van der Waals surface area (Å²) in [6.07, 6.45) is -4.31. The highest BCUT2D eigenvalue weighted by atomic mass is 19.4. The van der Waals surface area contributed by atoms with Crippen molar-refractivity contribution in [3.05, 3.63) is 23.2 Å². The molecule has 0 bridgehead atoms. The summed E-state index contributed by atoms with van der Waals surface area (Å²) < 4.78 is 45.8. The van der Waals surface area contributed by atoms with E-state index in [1.165, 1.54) is 0 Å². The van der Waals surface area contributed by atoms with Crippen molar-refractivity contribution in [3.63, 3.8) is 0 Å². The van der Waals surface area contributed by atoms with Crippen molar-refractivity contribution in [1.82, 2.24) is 5.32 Å². The van der Waals surface area contributed by atoms with Gasteiger partial charge < -0.3 is 14.5 Å². The van der Waals surface area contributed by atoms with Crippen molar-refractivity contribution in [3.8, 4) is 0 Å². The van der Waals surface area contributed by atoms with Gasteiger partial charge in [0.1, 0.15) is 24.7 Å². The second-order valence-corrected chi connectivity index (χ2v) is 5.53. The highest BCUT2D eigenvalue weighted by molar-refractivity contribution is 5.19. The third kappa shape index (κ3) is 6.63. The first-order chi connectivity index (χ1) is 8.57. The van der Waals surface area contributed by atoms with Crippen molar-refractivity contribution in [2.75, 3.05) is 6.61 Å². The van der Waals surface area contributed by atoms with E-state index in [1.54, 1.807) is 6.07 Å². The van der Waals surface area contributed by atoms with E-state index >= 15 is 0 Å². The van der Waals surface area contributed by atoms with E-state index in [2.05, 4.69) is 10.1 Å². The number of hydrogen-bond acceptors (Lipinski definition) is 3. The standard InChI is InChI=1S/C13H20F3NO2/c1-9-5-10(7-18-8-13(14,15)16)19-11(9)6-17-12(2,3)4/h5,17H,6-8H2,1-4H3. The zero-order valence-electron chi connectivity index (χ0n) is 11.6. The van der Waals surface area contributed by atoms with Gasteiger partial charge in [0, 0.05) is 5.54 Å². The van der Waals surface area contributed by atoms with E-state index in [0.29, 0.717) is 12.3 Å². The molecule has 0 aromatic carbocycles. The number of rotatable bonds is 5. The fraction of sp³-hybridized carbons (Fsp3) is 0.692. The maximum absolute atomic E-state index is 11.9. The Morgan fingerprint density at radius 1 is 1.26 bits per heavy atom. The van der Waals surface area contributed by atoms with E-state index in [0.717, 1.165) is 11.3 Å². The predicted molar refractivity (Wildman–Crippen MR) is 65.7 cm³/mol. The lowest BCUT2D eigenvalue weighted by molar-refractivity contribution is -0.177. The van der Waals surface area contributed by atoms with E-state index in [4.69, 9.17) is 4.42 Å².